The summed E-state index contributed by atoms with van der Waals surface area (Å²) in [4.78, 5) is 22.2. The van der Waals surface area contributed by atoms with Gasteiger partial charge in [0.25, 0.3) is 0 Å². The highest BCUT2D eigenvalue weighted by atomic mass is 16.6. The number of hydrazine groups is 1. The lowest BCUT2D eigenvalue weighted by Gasteiger charge is -2.29. The summed E-state index contributed by atoms with van der Waals surface area (Å²) in [6.45, 7) is 1.63. The van der Waals surface area contributed by atoms with Gasteiger partial charge in [-0.15, -0.1) is 0 Å². The quantitative estimate of drug-likeness (QED) is 0.840. The molecule has 1 aliphatic heterocycles. The Balaban J connectivity index is 1.69. The molecule has 0 atom stereocenters. The molecule has 1 aromatic rings. The highest BCUT2D eigenvalue weighted by Crippen LogP contribution is 2.13. The number of carbonyl (C=O) groups excluding carboxylic acids is 2. The Morgan fingerprint density at radius 1 is 1.32 bits per heavy atom. The van der Waals surface area contributed by atoms with E-state index in [4.69, 9.17) is 4.74 Å². The molecular formula is C14H18N2O3. The van der Waals surface area contributed by atoms with Crippen LogP contribution in [0.5, 0.6) is 0 Å². The fraction of sp³-hybridized carbons (Fsp3) is 0.429. The summed E-state index contributed by atoms with van der Waals surface area (Å²) in [5.74, 6) is 0.124. The Labute approximate surface area is 112 Å². The predicted molar refractivity (Wildman–Crippen MR) is 70.1 cm³/mol. The molecule has 5 nitrogen and oxygen atoms in total. The molecule has 102 valence electrons. The first-order valence-electron chi connectivity index (χ1n) is 6.45. The number of ether oxygens (including phenoxy) is 1. The minimum atomic E-state index is -0.451. The third-order valence-corrected chi connectivity index (χ3v) is 3.19. The Morgan fingerprint density at radius 2 is 2.00 bits per heavy atom. The van der Waals surface area contributed by atoms with Gasteiger partial charge in [-0.25, -0.2) is 9.80 Å². The van der Waals surface area contributed by atoms with Crippen LogP contribution in [0, 0.1) is 5.92 Å². The normalized spacial score (nSPS) is 16.8. The van der Waals surface area contributed by atoms with Crippen LogP contribution in [0.3, 0.4) is 0 Å². The van der Waals surface area contributed by atoms with Crippen molar-refractivity contribution in [1.82, 2.24) is 10.4 Å². The van der Waals surface area contributed by atoms with Gasteiger partial charge in [0.05, 0.1) is 0 Å². The molecule has 1 saturated heterocycles. The molecule has 2 rings (SSSR count). The lowest BCUT2D eigenvalue weighted by molar-refractivity contribution is -0.112. The van der Waals surface area contributed by atoms with Gasteiger partial charge in [0.15, 0.2) is 0 Å². The lowest BCUT2D eigenvalue weighted by Crippen LogP contribution is -2.46. The van der Waals surface area contributed by atoms with Crippen molar-refractivity contribution in [2.75, 3.05) is 13.1 Å². The van der Waals surface area contributed by atoms with Crippen molar-refractivity contribution in [2.45, 2.75) is 19.4 Å². The van der Waals surface area contributed by atoms with E-state index in [9.17, 15) is 9.59 Å². The van der Waals surface area contributed by atoms with Crippen molar-refractivity contribution in [3.05, 3.63) is 35.9 Å². The SMILES string of the molecule is O=CC1CCN(NC(=O)OCc2ccccc2)CC1. The van der Waals surface area contributed by atoms with Crippen LogP contribution in [0.15, 0.2) is 30.3 Å². The number of nitrogens with zero attached hydrogens (tertiary/aromatic N) is 1. The summed E-state index contributed by atoms with van der Waals surface area (Å²) < 4.78 is 5.12. The van der Waals surface area contributed by atoms with Crippen molar-refractivity contribution in [2.24, 2.45) is 5.92 Å². The number of piperidine rings is 1. The Morgan fingerprint density at radius 3 is 2.63 bits per heavy atom. The molecule has 1 aliphatic rings. The number of rotatable bonds is 4. The number of aldehydes is 1. The molecule has 1 heterocycles. The molecule has 0 bridgehead atoms. The van der Waals surface area contributed by atoms with Crippen LogP contribution in [0.1, 0.15) is 18.4 Å². The van der Waals surface area contributed by atoms with Crippen LogP contribution in [-0.2, 0) is 16.1 Å². The van der Waals surface area contributed by atoms with Crippen LogP contribution in [0.4, 0.5) is 4.79 Å². The summed E-state index contributed by atoms with van der Waals surface area (Å²) in [6.07, 6.45) is 2.10. The topological polar surface area (TPSA) is 58.6 Å². The van der Waals surface area contributed by atoms with E-state index in [2.05, 4.69) is 5.43 Å². The van der Waals surface area contributed by atoms with Crippen LogP contribution in [0.25, 0.3) is 0 Å². The number of hydrogen-bond donors (Lipinski definition) is 1. The van der Waals surface area contributed by atoms with Crippen molar-refractivity contribution in [3.8, 4) is 0 Å². The Kier molecular flexibility index (Phi) is 4.92. The van der Waals surface area contributed by atoms with Crippen molar-refractivity contribution < 1.29 is 14.3 Å². The van der Waals surface area contributed by atoms with Gasteiger partial charge in [0.1, 0.15) is 12.9 Å². The fourth-order valence-corrected chi connectivity index (χ4v) is 2.03. The number of amides is 1. The zero-order valence-electron chi connectivity index (χ0n) is 10.7. The molecule has 0 aromatic heterocycles. The summed E-state index contributed by atoms with van der Waals surface area (Å²) >= 11 is 0. The van der Waals surface area contributed by atoms with Gasteiger partial charge in [0.2, 0.25) is 0 Å². The minimum absolute atomic E-state index is 0.124. The van der Waals surface area contributed by atoms with Crippen LogP contribution >= 0.6 is 0 Å². The number of hydrogen-bond acceptors (Lipinski definition) is 4. The molecule has 0 spiro atoms. The van der Waals surface area contributed by atoms with E-state index in [1.54, 1.807) is 5.01 Å². The van der Waals surface area contributed by atoms with E-state index >= 15 is 0 Å². The van der Waals surface area contributed by atoms with E-state index in [1.807, 2.05) is 30.3 Å². The van der Waals surface area contributed by atoms with E-state index < -0.39 is 6.09 Å². The van der Waals surface area contributed by atoms with Gasteiger partial charge in [0, 0.05) is 19.0 Å². The smallest absolute Gasteiger partial charge is 0.422 e. The Hall–Kier alpha value is -1.88. The molecule has 1 N–H and O–H groups in total. The van der Waals surface area contributed by atoms with E-state index in [1.165, 1.54) is 0 Å². The summed E-state index contributed by atoms with van der Waals surface area (Å²) in [5.41, 5.74) is 3.65. The van der Waals surface area contributed by atoms with Gasteiger partial charge in [-0.3, -0.25) is 5.43 Å². The van der Waals surface area contributed by atoms with E-state index in [0.29, 0.717) is 13.1 Å². The third kappa shape index (κ3) is 4.37. The van der Waals surface area contributed by atoms with Gasteiger partial charge in [-0.1, -0.05) is 30.3 Å². The average molecular weight is 262 g/mol. The highest BCUT2D eigenvalue weighted by molar-refractivity contribution is 5.66. The number of carbonyl (C=O) groups is 2. The molecule has 0 saturated carbocycles. The maximum atomic E-state index is 11.6. The predicted octanol–water partition coefficient (Wildman–Crippen LogP) is 1.74. The van der Waals surface area contributed by atoms with Gasteiger partial charge < -0.3 is 9.53 Å². The Bertz CT molecular complexity index is 414. The lowest BCUT2D eigenvalue weighted by atomic mass is 10.00. The molecule has 19 heavy (non-hydrogen) atoms. The van der Waals surface area contributed by atoms with Crippen LogP contribution in [-0.4, -0.2) is 30.5 Å². The number of nitrogens with one attached hydrogen (secondary N) is 1. The van der Waals surface area contributed by atoms with Crippen LogP contribution < -0.4 is 5.43 Å². The maximum absolute atomic E-state index is 11.6. The van der Waals surface area contributed by atoms with Gasteiger partial charge in [-0.05, 0) is 18.4 Å². The average Bonchev–Trinajstić information content (AvgIpc) is 2.47. The standard InChI is InChI=1S/C14H18N2O3/c17-10-12-6-8-16(9-7-12)15-14(18)19-11-13-4-2-1-3-5-13/h1-5,10,12H,6-9,11H2,(H,15,18). The summed E-state index contributed by atoms with van der Waals surface area (Å²) in [7, 11) is 0. The molecule has 1 aromatic carbocycles. The molecule has 1 fully saturated rings. The summed E-state index contributed by atoms with van der Waals surface area (Å²) in [6, 6.07) is 9.54. The maximum Gasteiger partial charge on any atom is 0.422 e. The molecule has 0 radical (unpaired) electrons. The third-order valence-electron chi connectivity index (χ3n) is 3.19. The van der Waals surface area contributed by atoms with Gasteiger partial charge in [-0.2, -0.15) is 0 Å². The first kappa shape index (κ1) is 13.5. The zero-order valence-corrected chi connectivity index (χ0v) is 10.7. The fourth-order valence-electron chi connectivity index (χ4n) is 2.03. The highest BCUT2D eigenvalue weighted by Gasteiger charge is 2.20. The van der Waals surface area contributed by atoms with E-state index in [0.717, 1.165) is 24.7 Å². The van der Waals surface area contributed by atoms with E-state index in [-0.39, 0.29) is 12.5 Å². The number of benzene rings is 1. The second-order valence-corrected chi connectivity index (χ2v) is 4.63. The van der Waals surface area contributed by atoms with Crippen LogP contribution in [0.2, 0.25) is 0 Å². The zero-order chi connectivity index (χ0) is 13.5. The molecule has 1 amide bonds. The first-order valence-corrected chi connectivity index (χ1v) is 6.45. The van der Waals surface area contributed by atoms with Crippen molar-refractivity contribution in [1.29, 1.82) is 0 Å². The molecule has 0 aliphatic carbocycles. The second-order valence-electron chi connectivity index (χ2n) is 4.63. The van der Waals surface area contributed by atoms with Gasteiger partial charge >= 0.3 is 6.09 Å². The first-order chi connectivity index (χ1) is 9.28. The molecule has 0 unspecified atom stereocenters. The largest absolute Gasteiger partial charge is 0.444 e. The minimum Gasteiger partial charge on any atom is -0.444 e. The monoisotopic (exact) mass is 262 g/mol. The van der Waals surface area contributed by atoms with Crippen molar-refractivity contribution in [3.63, 3.8) is 0 Å². The molecule has 5 heteroatoms. The second kappa shape index (κ2) is 6.89. The van der Waals surface area contributed by atoms with Crippen molar-refractivity contribution >= 4 is 12.4 Å². The summed E-state index contributed by atoms with van der Waals surface area (Å²) in [5, 5.41) is 1.80. The molecular weight excluding hydrogens is 244 g/mol.